The molecule has 0 saturated heterocycles. The summed E-state index contributed by atoms with van der Waals surface area (Å²) in [5, 5.41) is 2.08. The first-order valence-corrected chi connectivity index (χ1v) is 4.83. The first-order valence-electron chi connectivity index (χ1n) is 4.83. The smallest absolute Gasteiger partial charge is 0.203 e. The molecule has 1 rings (SSSR count). The highest BCUT2D eigenvalue weighted by atomic mass is 16.5. The molecular weight excluding hydrogens is 194 g/mol. The number of rotatable bonds is 5. The Hall–Kier alpha value is -1.42. The molecule has 0 fully saturated rings. The molecule has 0 heterocycles. The summed E-state index contributed by atoms with van der Waals surface area (Å²) < 4.78 is 15.7. The molecule has 2 N–H and O–H groups in total. The van der Waals surface area contributed by atoms with Crippen molar-refractivity contribution >= 4 is 0 Å². The summed E-state index contributed by atoms with van der Waals surface area (Å²) in [6.07, 6.45) is 0. The second kappa shape index (κ2) is 5.46. The van der Waals surface area contributed by atoms with Crippen molar-refractivity contribution in [1.29, 1.82) is 0 Å². The van der Waals surface area contributed by atoms with Crippen LogP contribution in [0.4, 0.5) is 0 Å². The van der Waals surface area contributed by atoms with E-state index in [1.54, 1.807) is 21.3 Å². The molecule has 0 atom stereocenters. The number of quaternary nitrogens is 1. The summed E-state index contributed by atoms with van der Waals surface area (Å²) in [5.74, 6) is 2.04. The van der Waals surface area contributed by atoms with Crippen LogP contribution in [0.1, 0.15) is 5.56 Å². The lowest BCUT2D eigenvalue weighted by atomic mass is 10.2. The lowest BCUT2D eigenvalue weighted by Gasteiger charge is -2.13. The van der Waals surface area contributed by atoms with Crippen LogP contribution < -0.4 is 19.5 Å². The minimum Gasteiger partial charge on any atom is -0.493 e. The Bertz CT molecular complexity index is 301. The van der Waals surface area contributed by atoms with E-state index >= 15 is 0 Å². The van der Waals surface area contributed by atoms with Crippen molar-refractivity contribution < 1.29 is 19.5 Å². The van der Waals surface area contributed by atoms with E-state index in [4.69, 9.17) is 14.2 Å². The second-order valence-corrected chi connectivity index (χ2v) is 3.15. The largest absolute Gasteiger partial charge is 0.493 e. The van der Waals surface area contributed by atoms with Gasteiger partial charge >= 0.3 is 0 Å². The van der Waals surface area contributed by atoms with Gasteiger partial charge in [0, 0.05) is 5.56 Å². The monoisotopic (exact) mass is 212 g/mol. The Balaban J connectivity index is 3.16. The van der Waals surface area contributed by atoms with Crippen molar-refractivity contribution in [3.8, 4) is 17.2 Å². The van der Waals surface area contributed by atoms with Crippen molar-refractivity contribution in [2.45, 2.75) is 6.54 Å². The molecule has 0 radical (unpaired) electrons. The zero-order valence-corrected chi connectivity index (χ0v) is 9.66. The van der Waals surface area contributed by atoms with E-state index < -0.39 is 0 Å². The first kappa shape index (κ1) is 11.7. The molecule has 1 aromatic carbocycles. The van der Waals surface area contributed by atoms with Gasteiger partial charge in [0.25, 0.3) is 0 Å². The zero-order chi connectivity index (χ0) is 11.3. The van der Waals surface area contributed by atoms with E-state index in [1.165, 1.54) is 0 Å². The maximum atomic E-state index is 5.25. The van der Waals surface area contributed by atoms with E-state index in [-0.39, 0.29) is 0 Å². The molecule has 0 aliphatic rings. The molecule has 0 aromatic heterocycles. The third-order valence-corrected chi connectivity index (χ3v) is 2.16. The van der Waals surface area contributed by atoms with Gasteiger partial charge in [-0.25, -0.2) is 0 Å². The van der Waals surface area contributed by atoms with E-state index in [9.17, 15) is 0 Å². The van der Waals surface area contributed by atoms with Crippen LogP contribution in [0.15, 0.2) is 12.1 Å². The molecule has 4 nitrogen and oxygen atoms in total. The van der Waals surface area contributed by atoms with Crippen molar-refractivity contribution in [2.75, 3.05) is 28.4 Å². The molecule has 0 spiro atoms. The molecule has 0 saturated carbocycles. The number of methoxy groups -OCH3 is 3. The molecule has 0 aliphatic heterocycles. The summed E-state index contributed by atoms with van der Waals surface area (Å²) in [7, 11) is 6.86. The van der Waals surface area contributed by atoms with Gasteiger partial charge < -0.3 is 19.5 Å². The summed E-state index contributed by atoms with van der Waals surface area (Å²) in [5.41, 5.74) is 1.15. The Morgan fingerprint density at radius 1 is 1.00 bits per heavy atom. The van der Waals surface area contributed by atoms with Gasteiger partial charge in [0.05, 0.1) is 28.4 Å². The Morgan fingerprint density at radius 2 is 1.53 bits per heavy atom. The SMILES string of the molecule is C[NH2+]Cc1cc(OC)c(OC)c(OC)c1. The Labute approximate surface area is 90.1 Å². The van der Waals surface area contributed by atoms with Crippen LogP contribution in [0.5, 0.6) is 17.2 Å². The number of hydrogen-bond acceptors (Lipinski definition) is 3. The minimum absolute atomic E-state index is 0.639. The summed E-state index contributed by atoms with van der Waals surface area (Å²) in [6.45, 7) is 0.886. The van der Waals surface area contributed by atoms with E-state index in [0.717, 1.165) is 12.1 Å². The first-order chi connectivity index (χ1) is 7.26. The molecule has 0 unspecified atom stereocenters. The summed E-state index contributed by atoms with van der Waals surface area (Å²) >= 11 is 0. The van der Waals surface area contributed by atoms with Crippen molar-refractivity contribution in [1.82, 2.24) is 0 Å². The van der Waals surface area contributed by atoms with Crippen molar-refractivity contribution in [2.24, 2.45) is 0 Å². The Kier molecular flexibility index (Phi) is 4.24. The molecule has 0 aliphatic carbocycles. The molecule has 1 aromatic rings. The number of benzene rings is 1. The standard InChI is InChI=1S/C11H17NO3/c1-12-7-8-5-9(13-2)11(15-4)10(6-8)14-3/h5-6,12H,7H2,1-4H3/p+1. The molecule has 15 heavy (non-hydrogen) atoms. The normalized spacial score (nSPS) is 9.87. The number of ether oxygens (including phenoxy) is 3. The van der Waals surface area contributed by atoms with Crippen LogP contribution in [-0.4, -0.2) is 28.4 Å². The van der Waals surface area contributed by atoms with Gasteiger partial charge in [-0.15, -0.1) is 0 Å². The van der Waals surface area contributed by atoms with E-state index in [0.29, 0.717) is 17.2 Å². The minimum atomic E-state index is 0.639. The maximum absolute atomic E-state index is 5.25. The average molecular weight is 212 g/mol. The van der Waals surface area contributed by atoms with Crippen molar-refractivity contribution in [3.63, 3.8) is 0 Å². The van der Waals surface area contributed by atoms with Gasteiger partial charge in [0.15, 0.2) is 11.5 Å². The van der Waals surface area contributed by atoms with Crippen LogP contribution in [0.2, 0.25) is 0 Å². The summed E-state index contributed by atoms with van der Waals surface area (Å²) in [6, 6.07) is 3.92. The van der Waals surface area contributed by atoms with E-state index in [1.807, 2.05) is 19.2 Å². The highest BCUT2D eigenvalue weighted by molar-refractivity contribution is 5.53. The zero-order valence-electron chi connectivity index (χ0n) is 9.66. The van der Waals surface area contributed by atoms with Crippen LogP contribution in [0.3, 0.4) is 0 Å². The quantitative estimate of drug-likeness (QED) is 0.768. The highest BCUT2D eigenvalue weighted by Gasteiger charge is 2.13. The fourth-order valence-corrected chi connectivity index (χ4v) is 1.49. The molecule has 84 valence electrons. The number of nitrogens with two attached hydrogens (primary N) is 1. The lowest BCUT2D eigenvalue weighted by molar-refractivity contribution is -0.643. The maximum Gasteiger partial charge on any atom is 0.203 e. The van der Waals surface area contributed by atoms with Gasteiger partial charge in [0.1, 0.15) is 6.54 Å². The molecule has 4 heteroatoms. The van der Waals surface area contributed by atoms with Gasteiger partial charge in [-0.1, -0.05) is 0 Å². The highest BCUT2D eigenvalue weighted by Crippen LogP contribution is 2.37. The fourth-order valence-electron chi connectivity index (χ4n) is 1.49. The molecule has 0 bridgehead atoms. The van der Waals surface area contributed by atoms with E-state index in [2.05, 4.69) is 5.32 Å². The molecular formula is C11H18NO3+. The second-order valence-electron chi connectivity index (χ2n) is 3.15. The third kappa shape index (κ3) is 2.53. The lowest BCUT2D eigenvalue weighted by Crippen LogP contribution is -2.77. The molecule has 0 amide bonds. The van der Waals surface area contributed by atoms with Gasteiger partial charge in [0.2, 0.25) is 5.75 Å². The predicted molar refractivity (Wildman–Crippen MR) is 57.7 cm³/mol. The van der Waals surface area contributed by atoms with Crippen LogP contribution in [0, 0.1) is 0 Å². The average Bonchev–Trinajstić information content (AvgIpc) is 2.28. The van der Waals surface area contributed by atoms with Crippen LogP contribution in [-0.2, 0) is 6.54 Å². The van der Waals surface area contributed by atoms with Gasteiger partial charge in [-0.2, -0.15) is 0 Å². The van der Waals surface area contributed by atoms with Crippen molar-refractivity contribution in [3.05, 3.63) is 17.7 Å². The predicted octanol–water partition coefficient (Wildman–Crippen LogP) is 0.406. The van der Waals surface area contributed by atoms with Crippen LogP contribution >= 0.6 is 0 Å². The third-order valence-electron chi connectivity index (χ3n) is 2.16. The topological polar surface area (TPSA) is 44.3 Å². The van der Waals surface area contributed by atoms with Crippen LogP contribution in [0.25, 0.3) is 0 Å². The fraction of sp³-hybridized carbons (Fsp3) is 0.455. The summed E-state index contributed by atoms with van der Waals surface area (Å²) in [4.78, 5) is 0. The Morgan fingerprint density at radius 3 is 1.87 bits per heavy atom. The van der Waals surface area contributed by atoms with Gasteiger partial charge in [-0.05, 0) is 12.1 Å². The van der Waals surface area contributed by atoms with Gasteiger partial charge in [-0.3, -0.25) is 0 Å². The number of hydrogen-bond donors (Lipinski definition) is 1.